The van der Waals surface area contributed by atoms with Gasteiger partial charge in [0.25, 0.3) is 0 Å². The molecule has 2 aromatic rings. The first-order valence-corrected chi connectivity index (χ1v) is 20.0. The average Bonchev–Trinajstić information content (AvgIpc) is 3.89. The molecule has 0 radical (unpaired) electrons. The first kappa shape index (κ1) is 38.8. The molecule has 2 aromatic heterocycles. The predicted molar refractivity (Wildman–Crippen MR) is 203 cm³/mol. The minimum absolute atomic E-state index is 0.0403. The van der Waals surface area contributed by atoms with Gasteiger partial charge in [0.15, 0.2) is 17.0 Å². The van der Waals surface area contributed by atoms with E-state index in [-0.39, 0.29) is 30.6 Å². The van der Waals surface area contributed by atoms with Gasteiger partial charge >= 0.3 is 5.97 Å². The first-order valence-electron chi connectivity index (χ1n) is 20.0. The number of hydrogen-bond donors (Lipinski definition) is 3. The Bertz CT molecular complexity index is 1760. The van der Waals surface area contributed by atoms with Gasteiger partial charge in [0.1, 0.15) is 17.7 Å². The second-order valence-corrected chi connectivity index (χ2v) is 17.5. The van der Waals surface area contributed by atoms with E-state index in [9.17, 15) is 24.6 Å². The summed E-state index contributed by atoms with van der Waals surface area (Å²) in [5.74, 6) is -0.158. The van der Waals surface area contributed by atoms with Gasteiger partial charge in [0, 0.05) is 81.4 Å². The number of ether oxygens (including phenoxy) is 1. The van der Waals surface area contributed by atoms with E-state index in [1.807, 2.05) is 49.1 Å². The van der Waals surface area contributed by atoms with E-state index in [1.54, 1.807) is 18.7 Å². The van der Waals surface area contributed by atoms with Crippen molar-refractivity contribution in [2.45, 2.75) is 109 Å². The molecule has 1 amide bonds. The van der Waals surface area contributed by atoms with Crippen molar-refractivity contribution in [2.24, 2.45) is 28.1 Å². The summed E-state index contributed by atoms with van der Waals surface area (Å²) in [4.78, 5) is 60.8. The Hall–Kier alpha value is -3.46. The summed E-state index contributed by atoms with van der Waals surface area (Å²) < 4.78 is 8.34. The molecule has 3 N–H and O–H groups in total. The quantitative estimate of drug-likeness (QED) is 0.241. The molecule has 4 heterocycles. The third kappa shape index (κ3) is 6.24. The lowest BCUT2D eigenvalue weighted by Gasteiger charge is -2.64. The molecule has 7 rings (SSSR count). The maximum Gasteiger partial charge on any atom is 0.320 e. The molecule has 2 bridgehead atoms. The summed E-state index contributed by atoms with van der Waals surface area (Å²) in [6.07, 6.45) is 8.19. The summed E-state index contributed by atoms with van der Waals surface area (Å²) in [6, 6.07) is 0.361. The number of rotatable bonds is 10. The molecular formula is C40H60N8O6. The number of aliphatic hydroxyl groups is 2. The zero-order valence-electron chi connectivity index (χ0n) is 32.8. The van der Waals surface area contributed by atoms with Gasteiger partial charge in [-0.3, -0.25) is 19.3 Å². The largest absolute Gasteiger partial charge is 0.458 e. The SMILES string of the molecule is C=CC1(C)CC(O)C2(C)C3C(=O)CCC3(CCC2(C)OC(=O)CN2CCN(C(=O)CCn3cnc4c(N5CCC[C@H]5CNC)ncnc43)CC2)C(C)C1O. The van der Waals surface area contributed by atoms with E-state index in [0.717, 1.165) is 42.9 Å². The highest BCUT2D eigenvalue weighted by Crippen LogP contribution is 2.69. The van der Waals surface area contributed by atoms with Crippen LogP contribution < -0.4 is 10.2 Å². The molecule has 3 aliphatic carbocycles. The van der Waals surface area contributed by atoms with Crippen molar-refractivity contribution < 1.29 is 29.3 Å². The Labute approximate surface area is 318 Å². The molecule has 8 unspecified atom stereocenters. The maximum atomic E-state index is 13.7. The fraction of sp³-hybridized carbons (Fsp3) is 0.750. The zero-order valence-corrected chi connectivity index (χ0v) is 32.8. The van der Waals surface area contributed by atoms with E-state index >= 15 is 0 Å². The number of carbonyl (C=O) groups is 3. The van der Waals surface area contributed by atoms with Crippen molar-refractivity contribution in [3.05, 3.63) is 25.3 Å². The highest BCUT2D eigenvalue weighted by atomic mass is 16.6. The number of nitrogens with one attached hydrogen (secondary N) is 1. The number of likely N-dealkylation sites (N-methyl/N-ethyl adjacent to an activating group) is 1. The van der Waals surface area contributed by atoms with Crippen molar-refractivity contribution in [1.29, 1.82) is 0 Å². The van der Waals surface area contributed by atoms with Crippen molar-refractivity contribution in [3.8, 4) is 0 Å². The molecule has 2 saturated heterocycles. The monoisotopic (exact) mass is 748 g/mol. The third-order valence-corrected chi connectivity index (χ3v) is 14.8. The van der Waals surface area contributed by atoms with E-state index < -0.39 is 45.9 Å². The van der Waals surface area contributed by atoms with Gasteiger partial charge < -0.3 is 34.6 Å². The standard InChI is InChI=1S/C40H60N8O6/c1-7-37(3)21-29(50)39(5)33-28(49)10-12-40(33,26(2)34(37)53)14-13-38(39,4)54-31(52)23-45-17-19-46(20-18-45)30(51)11-16-47-25-44-32-35(47)42-24-43-36(32)48-15-8-9-27(48)22-41-6/h7,24-27,29,33-34,41,50,53H,1,8-23H2,2-6H3/t26?,27-,29?,33?,34?,37?,38?,39?,40?/m0/s1. The van der Waals surface area contributed by atoms with Crippen LogP contribution in [0.5, 0.6) is 0 Å². The Morgan fingerprint density at radius 3 is 2.56 bits per heavy atom. The molecule has 0 spiro atoms. The lowest BCUT2D eigenvalue weighted by atomic mass is 9.42. The number of anilines is 1. The van der Waals surface area contributed by atoms with Crippen molar-refractivity contribution in [3.63, 3.8) is 0 Å². The number of ketones is 1. The predicted octanol–water partition coefficient (Wildman–Crippen LogP) is 2.57. The molecule has 14 heteroatoms. The highest BCUT2D eigenvalue weighted by molar-refractivity contribution is 5.86. The number of imidazole rings is 1. The van der Waals surface area contributed by atoms with Crippen LogP contribution in [-0.4, -0.2) is 134 Å². The second-order valence-electron chi connectivity index (χ2n) is 17.5. The van der Waals surface area contributed by atoms with E-state index in [1.165, 1.54) is 0 Å². The normalized spacial score (nSPS) is 37.2. The first-order chi connectivity index (χ1) is 25.7. The van der Waals surface area contributed by atoms with Gasteiger partial charge in [-0.25, -0.2) is 15.0 Å². The number of Topliss-reactive ketones (excluding diaryl/α,β-unsaturated/α-hetero) is 1. The van der Waals surface area contributed by atoms with Crippen molar-refractivity contribution in [2.75, 3.05) is 57.8 Å². The molecule has 0 aromatic carbocycles. The Morgan fingerprint density at radius 1 is 1.07 bits per heavy atom. The number of aromatic nitrogens is 4. The minimum atomic E-state index is -1.09. The molecule has 14 nitrogen and oxygen atoms in total. The molecule has 2 aliphatic heterocycles. The average molecular weight is 749 g/mol. The number of aryl methyl sites for hydroxylation is 1. The maximum absolute atomic E-state index is 13.7. The molecule has 5 fully saturated rings. The Balaban J connectivity index is 0.962. The molecular weight excluding hydrogens is 688 g/mol. The van der Waals surface area contributed by atoms with Crippen LogP contribution in [-0.2, 0) is 25.7 Å². The minimum Gasteiger partial charge on any atom is -0.458 e. The summed E-state index contributed by atoms with van der Waals surface area (Å²) in [6.45, 7) is 16.2. The summed E-state index contributed by atoms with van der Waals surface area (Å²) >= 11 is 0. The number of fused-ring (bicyclic) bond motifs is 1. The topological polar surface area (TPSA) is 166 Å². The van der Waals surface area contributed by atoms with Crippen molar-refractivity contribution >= 4 is 34.6 Å². The van der Waals surface area contributed by atoms with Crippen LogP contribution in [0.1, 0.15) is 79.1 Å². The second kappa shape index (κ2) is 14.6. The van der Waals surface area contributed by atoms with Gasteiger partial charge in [-0.2, -0.15) is 0 Å². The van der Waals surface area contributed by atoms with Crippen LogP contribution in [0.4, 0.5) is 5.82 Å². The lowest BCUT2D eigenvalue weighted by Crippen LogP contribution is -2.69. The number of hydrogen-bond acceptors (Lipinski definition) is 12. The summed E-state index contributed by atoms with van der Waals surface area (Å²) in [5.41, 5.74) is -1.91. The zero-order chi connectivity index (χ0) is 38.6. The van der Waals surface area contributed by atoms with Crippen LogP contribution in [0.3, 0.4) is 0 Å². The fourth-order valence-corrected chi connectivity index (χ4v) is 11.3. The van der Waals surface area contributed by atoms with E-state index in [2.05, 4.69) is 31.7 Å². The number of esters is 1. The van der Waals surface area contributed by atoms with Crippen molar-refractivity contribution in [1.82, 2.24) is 34.6 Å². The van der Waals surface area contributed by atoms with E-state index in [0.29, 0.717) is 70.9 Å². The van der Waals surface area contributed by atoms with Gasteiger partial charge in [0.05, 0.1) is 25.1 Å². The molecule has 5 aliphatic rings. The van der Waals surface area contributed by atoms with Crippen LogP contribution in [0.15, 0.2) is 25.3 Å². The summed E-state index contributed by atoms with van der Waals surface area (Å²) in [5, 5.41) is 26.9. The number of amides is 1. The molecule has 296 valence electrons. The smallest absolute Gasteiger partial charge is 0.320 e. The fourth-order valence-electron chi connectivity index (χ4n) is 11.3. The summed E-state index contributed by atoms with van der Waals surface area (Å²) in [7, 11) is 1.96. The van der Waals surface area contributed by atoms with Crippen LogP contribution in [0.2, 0.25) is 0 Å². The lowest BCUT2D eigenvalue weighted by molar-refractivity contribution is -0.252. The molecule has 54 heavy (non-hydrogen) atoms. The van der Waals surface area contributed by atoms with Crippen LogP contribution >= 0.6 is 0 Å². The molecule has 9 atom stereocenters. The van der Waals surface area contributed by atoms with E-state index in [4.69, 9.17) is 4.74 Å². The molecule has 3 saturated carbocycles. The van der Waals surface area contributed by atoms with Crippen LogP contribution in [0, 0.1) is 28.1 Å². The number of aliphatic hydroxyl groups excluding tert-OH is 2. The van der Waals surface area contributed by atoms with Gasteiger partial charge in [-0.05, 0) is 63.8 Å². The van der Waals surface area contributed by atoms with Gasteiger partial charge in [-0.15, -0.1) is 6.58 Å². The Kier molecular flexibility index (Phi) is 10.5. The number of carbonyl (C=O) groups excluding carboxylic acids is 3. The van der Waals surface area contributed by atoms with Crippen LogP contribution in [0.25, 0.3) is 11.2 Å². The van der Waals surface area contributed by atoms with Gasteiger partial charge in [0.2, 0.25) is 5.91 Å². The highest BCUT2D eigenvalue weighted by Gasteiger charge is 2.72. The Morgan fingerprint density at radius 2 is 1.83 bits per heavy atom. The van der Waals surface area contributed by atoms with Gasteiger partial charge in [-0.1, -0.05) is 26.8 Å². The number of nitrogens with zero attached hydrogens (tertiary/aromatic N) is 7. The number of piperazine rings is 1. The third-order valence-electron chi connectivity index (χ3n) is 14.8.